The van der Waals surface area contributed by atoms with Crippen molar-refractivity contribution in [3.8, 4) is 11.1 Å². The number of primary amides is 1. The van der Waals surface area contributed by atoms with E-state index in [4.69, 9.17) is 5.73 Å². The van der Waals surface area contributed by atoms with Gasteiger partial charge in [0, 0.05) is 10.4 Å². The van der Waals surface area contributed by atoms with Crippen LogP contribution in [0.25, 0.3) is 11.1 Å². The molecule has 1 aromatic heterocycles. The van der Waals surface area contributed by atoms with Crippen LogP contribution in [-0.2, 0) is 9.59 Å². The van der Waals surface area contributed by atoms with Gasteiger partial charge in [0.1, 0.15) is 5.00 Å². The van der Waals surface area contributed by atoms with Gasteiger partial charge < -0.3 is 16.2 Å². The Balaban J connectivity index is 1.96. The van der Waals surface area contributed by atoms with Gasteiger partial charge >= 0.3 is 5.97 Å². The zero-order chi connectivity index (χ0) is 20.4. The largest absolute Gasteiger partial charge is 0.481 e. The third-order valence-corrected chi connectivity index (χ3v) is 6.01. The van der Waals surface area contributed by atoms with Crippen molar-refractivity contribution in [3.05, 3.63) is 52.4 Å². The summed E-state index contributed by atoms with van der Waals surface area (Å²) in [4.78, 5) is 37.3. The van der Waals surface area contributed by atoms with Gasteiger partial charge in [-0.05, 0) is 32.3 Å². The van der Waals surface area contributed by atoms with Crippen LogP contribution in [-0.4, -0.2) is 22.9 Å². The first-order chi connectivity index (χ1) is 13.3. The molecule has 3 rings (SSSR count). The van der Waals surface area contributed by atoms with Gasteiger partial charge in [-0.15, -0.1) is 11.3 Å². The summed E-state index contributed by atoms with van der Waals surface area (Å²) in [5, 5.41) is 12.5. The van der Waals surface area contributed by atoms with E-state index in [1.807, 2.05) is 44.2 Å². The van der Waals surface area contributed by atoms with Gasteiger partial charge in [-0.2, -0.15) is 0 Å². The second kappa shape index (κ2) is 7.98. The SMILES string of the molecule is Cc1ccc(-c2c(C)sc(NC(=O)[C@H]3CC=CC[C@H]3C(=O)O)c2C(N)=O)cc1. The fourth-order valence-corrected chi connectivity index (χ4v) is 4.60. The van der Waals surface area contributed by atoms with Crippen LogP contribution < -0.4 is 11.1 Å². The molecule has 1 aliphatic rings. The van der Waals surface area contributed by atoms with Gasteiger partial charge in [-0.25, -0.2) is 0 Å². The van der Waals surface area contributed by atoms with Crippen LogP contribution in [0.2, 0.25) is 0 Å². The number of carbonyl (C=O) groups excluding carboxylic acids is 2. The molecular weight excluding hydrogens is 376 g/mol. The molecule has 28 heavy (non-hydrogen) atoms. The lowest BCUT2D eigenvalue weighted by Crippen LogP contribution is -2.35. The van der Waals surface area contributed by atoms with Crippen molar-refractivity contribution < 1.29 is 19.5 Å². The first kappa shape index (κ1) is 19.8. The number of anilines is 1. The monoisotopic (exact) mass is 398 g/mol. The Morgan fingerprint density at radius 1 is 1.07 bits per heavy atom. The van der Waals surface area contributed by atoms with Crippen LogP contribution in [0.1, 0.15) is 33.6 Å². The Labute approximate surface area is 167 Å². The third kappa shape index (κ3) is 3.84. The highest BCUT2D eigenvalue weighted by atomic mass is 32.1. The molecule has 2 atom stereocenters. The van der Waals surface area contributed by atoms with E-state index in [1.54, 1.807) is 6.08 Å². The van der Waals surface area contributed by atoms with Gasteiger partial charge in [-0.3, -0.25) is 14.4 Å². The Bertz CT molecular complexity index is 960. The lowest BCUT2D eigenvalue weighted by Gasteiger charge is -2.24. The van der Waals surface area contributed by atoms with E-state index in [-0.39, 0.29) is 5.56 Å². The van der Waals surface area contributed by atoms with Crippen molar-refractivity contribution in [2.24, 2.45) is 17.6 Å². The molecule has 0 bridgehead atoms. The predicted molar refractivity (Wildman–Crippen MR) is 109 cm³/mol. The molecule has 0 unspecified atom stereocenters. The number of rotatable bonds is 5. The van der Waals surface area contributed by atoms with Gasteiger partial charge in [-0.1, -0.05) is 42.0 Å². The van der Waals surface area contributed by atoms with E-state index < -0.39 is 29.6 Å². The van der Waals surface area contributed by atoms with Crippen molar-refractivity contribution in [2.45, 2.75) is 26.7 Å². The number of thiophene rings is 1. The summed E-state index contributed by atoms with van der Waals surface area (Å²) in [6.07, 6.45) is 4.26. The molecule has 0 saturated carbocycles. The van der Waals surface area contributed by atoms with Gasteiger partial charge in [0.25, 0.3) is 5.91 Å². The summed E-state index contributed by atoms with van der Waals surface area (Å²) in [5.41, 5.74) is 8.54. The number of nitrogens with one attached hydrogen (secondary N) is 1. The fraction of sp³-hybridized carbons (Fsp3) is 0.286. The standard InChI is InChI=1S/C21H22N2O4S/c1-11-7-9-13(10-8-11)16-12(2)28-20(17(16)18(22)24)23-19(25)14-5-3-4-6-15(14)21(26)27/h3-4,7-10,14-15H,5-6H2,1-2H3,(H2,22,24)(H,23,25)(H,26,27)/t14-,15+/m0/s1. The van der Waals surface area contributed by atoms with E-state index in [0.717, 1.165) is 16.0 Å². The number of nitrogens with two attached hydrogens (primary N) is 1. The van der Waals surface area contributed by atoms with Crippen molar-refractivity contribution in [1.29, 1.82) is 0 Å². The predicted octanol–water partition coefficient (Wildman–Crippen LogP) is 3.74. The zero-order valence-corrected chi connectivity index (χ0v) is 16.5. The van der Waals surface area contributed by atoms with Crippen LogP contribution in [0.3, 0.4) is 0 Å². The second-order valence-corrected chi connectivity index (χ2v) is 8.18. The molecule has 0 fully saturated rings. The van der Waals surface area contributed by atoms with Crippen LogP contribution in [0.5, 0.6) is 0 Å². The van der Waals surface area contributed by atoms with Crippen molar-refractivity contribution in [1.82, 2.24) is 0 Å². The Hall–Kier alpha value is -2.93. The van der Waals surface area contributed by atoms with Crippen molar-refractivity contribution >= 4 is 34.1 Å². The first-order valence-corrected chi connectivity index (χ1v) is 9.80. The topological polar surface area (TPSA) is 109 Å². The molecule has 0 spiro atoms. The number of aliphatic carboxylic acids is 1. The molecule has 0 aliphatic heterocycles. The summed E-state index contributed by atoms with van der Waals surface area (Å²) in [6, 6.07) is 7.71. The molecule has 0 radical (unpaired) electrons. The van der Waals surface area contributed by atoms with Crippen LogP contribution in [0, 0.1) is 25.7 Å². The lowest BCUT2D eigenvalue weighted by atomic mass is 9.82. The average molecular weight is 398 g/mol. The van der Waals surface area contributed by atoms with Crippen molar-refractivity contribution in [2.75, 3.05) is 5.32 Å². The molecule has 0 saturated heterocycles. The number of allylic oxidation sites excluding steroid dienone is 2. The molecule has 1 heterocycles. The maximum Gasteiger partial charge on any atom is 0.307 e. The molecular formula is C21H22N2O4S. The lowest BCUT2D eigenvalue weighted by molar-refractivity contribution is -0.146. The third-order valence-electron chi connectivity index (χ3n) is 4.99. The highest BCUT2D eigenvalue weighted by molar-refractivity contribution is 7.17. The quantitative estimate of drug-likeness (QED) is 0.667. The number of hydrogen-bond acceptors (Lipinski definition) is 4. The minimum Gasteiger partial charge on any atom is -0.481 e. The maximum atomic E-state index is 12.8. The number of carbonyl (C=O) groups is 3. The summed E-state index contributed by atoms with van der Waals surface area (Å²) < 4.78 is 0. The number of amides is 2. The molecule has 4 N–H and O–H groups in total. The molecule has 2 aromatic rings. The Morgan fingerprint density at radius 3 is 2.25 bits per heavy atom. The fourth-order valence-electron chi connectivity index (χ4n) is 3.52. The summed E-state index contributed by atoms with van der Waals surface area (Å²) >= 11 is 1.27. The zero-order valence-electron chi connectivity index (χ0n) is 15.7. The molecule has 1 aliphatic carbocycles. The molecule has 1 aromatic carbocycles. The smallest absolute Gasteiger partial charge is 0.307 e. The van der Waals surface area contributed by atoms with Crippen molar-refractivity contribution in [3.63, 3.8) is 0 Å². The number of benzene rings is 1. The van der Waals surface area contributed by atoms with E-state index >= 15 is 0 Å². The number of aryl methyl sites for hydroxylation is 2. The van der Waals surface area contributed by atoms with Gasteiger partial charge in [0.15, 0.2) is 0 Å². The normalized spacial score (nSPS) is 18.6. The maximum absolute atomic E-state index is 12.8. The van der Waals surface area contributed by atoms with Gasteiger partial charge in [0.2, 0.25) is 5.91 Å². The van der Waals surface area contributed by atoms with Gasteiger partial charge in [0.05, 0.1) is 17.4 Å². The summed E-state index contributed by atoms with van der Waals surface area (Å²) in [7, 11) is 0. The first-order valence-electron chi connectivity index (χ1n) is 8.98. The molecule has 146 valence electrons. The van der Waals surface area contributed by atoms with E-state index in [2.05, 4.69) is 5.32 Å². The minimum atomic E-state index is -0.998. The van der Waals surface area contributed by atoms with E-state index in [1.165, 1.54) is 11.3 Å². The second-order valence-electron chi connectivity index (χ2n) is 6.95. The molecule has 6 nitrogen and oxygen atoms in total. The molecule has 7 heteroatoms. The minimum absolute atomic E-state index is 0.262. The summed E-state index contributed by atoms with van der Waals surface area (Å²) in [5.74, 6) is -3.50. The highest BCUT2D eigenvalue weighted by Crippen LogP contribution is 2.40. The average Bonchev–Trinajstić information content (AvgIpc) is 2.98. The van der Waals surface area contributed by atoms with E-state index in [0.29, 0.717) is 23.4 Å². The number of carboxylic acids is 1. The Morgan fingerprint density at radius 2 is 1.68 bits per heavy atom. The number of carboxylic acid groups (broad SMARTS) is 1. The Kier molecular flexibility index (Phi) is 5.65. The van der Waals surface area contributed by atoms with Crippen LogP contribution in [0.4, 0.5) is 5.00 Å². The van der Waals surface area contributed by atoms with Crippen LogP contribution >= 0.6 is 11.3 Å². The van der Waals surface area contributed by atoms with E-state index in [9.17, 15) is 19.5 Å². The summed E-state index contributed by atoms with van der Waals surface area (Å²) in [6.45, 7) is 3.84. The number of hydrogen-bond donors (Lipinski definition) is 3. The van der Waals surface area contributed by atoms with Crippen LogP contribution in [0.15, 0.2) is 36.4 Å². The highest BCUT2D eigenvalue weighted by Gasteiger charge is 2.35. The molecule has 2 amide bonds.